The van der Waals surface area contributed by atoms with Crippen molar-refractivity contribution < 1.29 is 9.47 Å². The van der Waals surface area contributed by atoms with Gasteiger partial charge in [-0.3, -0.25) is 0 Å². The molecule has 0 unspecified atom stereocenters. The average Bonchev–Trinajstić information content (AvgIpc) is 1.99. The Balaban J connectivity index is 3.23. The second-order valence-corrected chi connectivity index (χ2v) is 3.16. The van der Waals surface area contributed by atoms with Crippen LogP contribution in [0, 0.1) is 0 Å². The van der Waals surface area contributed by atoms with Crippen molar-refractivity contribution in [2.75, 3.05) is 19.8 Å². The largest absolute Gasteiger partial charge is 0.379 e. The minimum absolute atomic E-state index is 0.0110. The summed E-state index contributed by atoms with van der Waals surface area (Å²) in [5, 5.41) is 0. The Morgan fingerprint density at radius 2 is 1.73 bits per heavy atom. The summed E-state index contributed by atoms with van der Waals surface area (Å²) in [5.41, 5.74) is 0.0110. The summed E-state index contributed by atoms with van der Waals surface area (Å²) in [6.45, 7) is 10.5. The van der Waals surface area contributed by atoms with Crippen LogP contribution in [0.3, 0.4) is 0 Å². The summed E-state index contributed by atoms with van der Waals surface area (Å²) < 4.78 is 10.7. The van der Waals surface area contributed by atoms with Gasteiger partial charge < -0.3 is 9.47 Å². The van der Waals surface area contributed by atoms with Crippen LogP contribution < -0.4 is 0 Å². The first-order valence-corrected chi connectivity index (χ1v) is 4.34. The molecule has 0 aromatic rings. The second kappa shape index (κ2) is 5.56. The molecule has 0 saturated heterocycles. The molecule has 0 aliphatic carbocycles. The molecule has 0 rings (SSSR count). The SMILES string of the molecule is CCOCCOC(C)(C)CC. The van der Waals surface area contributed by atoms with Crippen molar-refractivity contribution in [1.29, 1.82) is 0 Å². The maximum atomic E-state index is 5.56. The Morgan fingerprint density at radius 3 is 2.18 bits per heavy atom. The lowest BCUT2D eigenvalue weighted by molar-refractivity contribution is -0.0462. The number of rotatable bonds is 6. The second-order valence-electron chi connectivity index (χ2n) is 3.16. The average molecular weight is 160 g/mol. The molecule has 0 aliphatic heterocycles. The Kier molecular flexibility index (Phi) is 5.51. The third kappa shape index (κ3) is 6.32. The lowest BCUT2D eigenvalue weighted by atomic mass is 10.1. The molecule has 0 atom stereocenters. The fourth-order valence-corrected chi connectivity index (χ4v) is 0.623. The Bertz CT molecular complexity index is 89.6. The highest BCUT2D eigenvalue weighted by molar-refractivity contribution is 4.64. The molecule has 0 bridgehead atoms. The fourth-order valence-electron chi connectivity index (χ4n) is 0.623. The van der Waals surface area contributed by atoms with E-state index in [2.05, 4.69) is 20.8 Å². The Morgan fingerprint density at radius 1 is 1.09 bits per heavy atom. The van der Waals surface area contributed by atoms with Crippen LogP contribution in [-0.4, -0.2) is 25.4 Å². The lowest BCUT2D eigenvalue weighted by Gasteiger charge is -2.23. The van der Waals surface area contributed by atoms with Crippen LogP contribution in [0.4, 0.5) is 0 Å². The molecular formula is C9H20O2. The molecular weight excluding hydrogens is 140 g/mol. The first-order valence-electron chi connectivity index (χ1n) is 4.34. The van der Waals surface area contributed by atoms with Crippen LogP contribution in [-0.2, 0) is 9.47 Å². The highest BCUT2D eigenvalue weighted by Gasteiger charge is 2.14. The third-order valence-electron chi connectivity index (χ3n) is 1.78. The van der Waals surface area contributed by atoms with Crippen LogP contribution in [0.5, 0.6) is 0 Å². The minimum atomic E-state index is 0.0110. The summed E-state index contributed by atoms with van der Waals surface area (Å²) >= 11 is 0. The maximum absolute atomic E-state index is 5.56. The molecule has 0 aromatic carbocycles. The molecule has 0 saturated carbocycles. The van der Waals surface area contributed by atoms with Gasteiger partial charge in [-0.2, -0.15) is 0 Å². The van der Waals surface area contributed by atoms with Gasteiger partial charge in [0, 0.05) is 6.61 Å². The van der Waals surface area contributed by atoms with Gasteiger partial charge in [0.1, 0.15) is 0 Å². The van der Waals surface area contributed by atoms with Crippen LogP contribution in [0.1, 0.15) is 34.1 Å². The highest BCUT2D eigenvalue weighted by atomic mass is 16.5. The molecule has 0 aliphatic rings. The predicted octanol–water partition coefficient (Wildman–Crippen LogP) is 2.23. The first kappa shape index (κ1) is 10.9. The van der Waals surface area contributed by atoms with E-state index in [4.69, 9.17) is 9.47 Å². The highest BCUT2D eigenvalue weighted by Crippen LogP contribution is 2.12. The van der Waals surface area contributed by atoms with E-state index >= 15 is 0 Å². The maximum Gasteiger partial charge on any atom is 0.0707 e. The molecule has 0 radical (unpaired) electrons. The topological polar surface area (TPSA) is 18.5 Å². The molecule has 2 nitrogen and oxygen atoms in total. The monoisotopic (exact) mass is 160 g/mol. The summed E-state index contributed by atoms with van der Waals surface area (Å²) in [6, 6.07) is 0. The van der Waals surface area contributed by atoms with E-state index in [0.29, 0.717) is 13.2 Å². The van der Waals surface area contributed by atoms with Gasteiger partial charge in [-0.1, -0.05) is 6.92 Å². The van der Waals surface area contributed by atoms with Crippen molar-refractivity contribution >= 4 is 0 Å². The summed E-state index contributed by atoms with van der Waals surface area (Å²) in [7, 11) is 0. The molecule has 0 spiro atoms. The van der Waals surface area contributed by atoms with Crippen molar-refractivity contribution in [3.05, 3.63) is 0 Å². The van der Waals surface area contributed by atoms with Crippen molar-refractivity contribution in [2.24, 2.45) is 0 Å². The first-order chi connectivity index (χ1) is 5.12. The summed E-state index contributed by atoms with van der Waals surface area (Å²) in [5.74, 6) is 0. The number of hydrogen-bond donors (Lipinski definition) is 0. The molecule has 0 N–H and O–H groups in total. The van der Waals surface area contributed by atoms with Crippen molar-refractivity contribution in [3.63, 3.8) is 0 Å². The minimum Gasteiger partial charge on any atom is -0.379 e. The van der Waals surface area contributed by atoms with Crippen molar-refractivity contribution in [3.8, 4) is 0 Å². The molecule has 0 aromatic heterocycles. The van der Waals surface area contributed by atoms with Crippen molar-refractivity contribution in [2.45, 2.75) is 39.7 Å². The van der Waals surface area contributed by atoms with E-state index in [9.17, 15) is 0 Å². The van der Waals surface area contributed by atoms with E-state index in [1.807, 2.05) is 6.92 Å². The summed E-state index contributed by atoms with van der Waals surface area (Å²) in [4.78, 5) is 0. The van der Waals surface area contributed by atoms with Gasteiger partial charge in [-0.25, -0.2) is 0 Å². The van der Waals surface area contributed by atoms with Crippen LogP contribution in [0.2, 0.25) is 0 Å². The molecule has 0 amide bonds. The number of ether oxygens (including phenoxy) is 2. The fraction of sp³-hybridized carbons (Fsp3) is 1.00. The van der Waals surface area contributed by atoms with E-state index in [1.165, 1.54) is 0 Å². The Labute approximate surface area is 69.9 Å². The molecule has 2 heteroatoms. The Hall–Kier alpha value is -0.0800. The quantitative estimate of drug-likeness (QED) is 0.555. The smallest absolute Gasteiger partial charge is 0.0707 e. The molecule has 0 fully saturated rings. The van der Waals surface area contributed by atoms with E-state index in [-0.39, 0.29) is 5.60 Å². The van der Waals surface area contributed by atoms with Crippen molar-refractivity contribution in [1.82, 2.24) is 0 Å². The standard InChI is InChI=1S/C9H20O2/c1-5-9(3,4)11-8-7-10-6-2/h5-8H2,1-4H3. The molecule has 68 valence electrons. The van der Waals surface area contributed by atoms with Gasteiger partial charge in [0.25, 0.3) is 0 Å². The van der Waals surface area contributed by atoms with E-state index in [1.54, 1.807) is 0 Å². The van der Waals surface area contributed by atoms with Crippen LogP contribution >= 0.6 is 0 Å². The van der Waals surface area contributed by atoms with Gasteiger partial charge in [0.15, 0.2) is 0 Å². The summed E-state index contributed by atoms with van der Waals surface area (Å²) in [6.07, 6.45) is 1.04. The van der Waals surface area contributed by atoms with E-state index in [0.717, 1.165) is 13.0 Å². The van der Waals surface area contributed by atoms with Gasteiger partial charge >= 0.3 is 0 Å². The molecule has 0 heterocycles. The van der Waals surface area contributed by atoms with E-state index < -0.39 is 0 Å². The van der Waals surface area contributed by atoms with Gasteiger partial charge in [-0.05, 0) is 27.2 Å². The predicted molar refractivity (Wildman–Crippen MR) is 46.8 cm³/mol. The molecule has 11 heavy (non-hydrogen) atoms. The third-order valence-corrected chi connectivity index (χ3v) is 1.78. The van der Waals surface area contributed by atoms with Gasteiger partial charge in [-0.15, -0.1) is 0 Å². The number of hydrogen-bond acceptors (Lipinski definition) is 2. The normalized spacial score (nSPS) is 12.0. The van der Waals surface area contributed by atoms with Gasteiger partial charge in [0.2, 0.25) is 0 Å². The van der Waals surface area contributed by atoms with Gasteiger partial charge in [0.05, 0.1) is 18.8 Å². The zero-order valence-electron chi connectivity index (χ0n) is 8.14. The lowest BCUT2D eigenvalue weighted by Crippen LogP contribution is -2.25. The van der Waals surface area contributed by atoms with Crippen LogP contribution in [0.25, 0.3) is 0 Å². The zero-order valence-corrected chi connectivity index (χ0v) is 8.14. The zero-order chi connectivity index (χ0) is 8.74. The van der Waals surface area contributed by atoms with Crippen LogP contribution in [0.15, 0.2) is 0 Å².